The predicted molar refractivity (Wildman–Crippen MR) is 124 cm³/mol. The van der Waals surface area contributed by atoms with E-state index in [4.69, 9.17) is 0 Å². The molecule has 0 aromatic heterocycles. The van der Waals surface area contributed by atoms with Crippen molar-refractivity contribution < 1.29 is 5.11 Å². The highest BCUT2D eigenvalue weighted by Gasteiger charge is 2.59. The van der Waals surface area contributed by atoms with Crippen LogP contribution >= 0.6 is 0 Å². The Labute approximate surface area is 181 Å². The first-order valence-electron chi connectivity index (χ1n) is 13.0. The Morgan fingerprint density at radius 2 is 1.72 bits per heavy atom. The summed E-state index contributed by atoms with van der Waals surface area (Å²) in [5.41, 5.74) is 2.59. The molecular weight excluding hydrogens is 352 g/mol. The third-order valence-electron chi connectivity index (χ3n) is 11.1. The van der Waals surface area contributed by atoms with E-state index in [1.54, 1.807) is 5.57 Å². The minimum absolute atomic E-state index is 0.0790. The standard InChI is InChI=1S/C28H48O/c1-18(2)19(3)7-8-20(4)24-11-12-25-23-10-9-21-17-22(29)13-15-27(21,5)26(23)14-16-28(24,25)6/h9,18-20,22-26,29H,7-8,10-17H2,1-6H3/t19-,20+,22-,23?,24+,25-,26-,27-,28+/m0/s1. The molecule has 1 nitrogen and oxygen atoms in total. The van der Waals surface area contributed by atoms with Crippen molar-refractivity contribution in [3.8, 4) is 0 Å². The molecule has 9 atom stereocenters. The van der Waals surface area contributed by atoms with Crippen LogP contribution < -0.4 is 0 Å². The van der Waals surface area contributed by atoms with Crippen molar-refractivity contribution in [2.24, 2.45) is 52.3 Å². The maximum atomic E-state index is 10.2. The van der Waals surface area contributed by atoms with E-state index in [9.17, 15) is 5.11 Å². The maximum Gasteiger partial charge on any atom is 0.0577 e. The van der Waals surface area contributed by atoms with Crippen LogP contribution in [0.5, 0.6) is 0 Å². The van der Waals surface area contributed by atoms with Crippen LogP contribution in [0.15, 0.2) is 11.6 Å². The van der Waals surface area contributed by atoms with Gasteiger partial charge in [-0.15, -0.1) is 0 Å². The van der Waals surface area contributed by atoms with Crippen molar-refractivity contribution in [1.82, 2.24) is 0 Å². The zero-order chi connectivity index (χ0) is 21.0. The zero-order valence-corrected chi connectivity index (χ0v) is 20.2. The topological polar surface area (TPSA) is 20.2 Å². The molecule has 0 bridgehead atoms. The van der Waals surface area contributed by atoms with Crippen LogP contribution in [0, 0.1) is 52.3 Å². The largest absolute Gasteiger partial charge is 0.393 e. The van der Waals surface area contributed by atoms with Gasteiger partial charge in [-0.25, -0.2) is 0 Å². The van der Waals surface area contributed by atoms with Gasteiger partial charge in [-0.1, -0.05) is 66.0 Å². The van der Waals surface area contributed by atoms with Gasteiger partial charge in [0.25, 0.3) is 0 Å². The van der Waals surface area contributed by atoms with Gasteiger partial charge < -0.3 is 5.11 Å². The average Bonchev–Trinajstić information content (AvgIpc) is 3.03. The van der Waals surface area contributed by atoms with Gasteiger partial charge in [0.05, 0.1) is 6.10 Å². The van der Waals surface area contributed by atoms with Crippen molar-refractivity contribution in [2.75, 3.05) is 0 Å². The van der Waals surface area contributed by atoms with Crippen molar-refractivity contribution in [2.45, 2.75) is 112 Å². The molecule has 166 valence electrons. The van der Waals surface area contributed by atoms with Gasteiger partial charge >= 0.3 is 0 Å². The number of allylic oxidation sites excluding steroid dienone is 1. The lowest BCUT2D eigenvalue weighted by Gasteiger charge is -2.58. The van der Waals surface area contributed by atoms with Gasteiger partial charge in [-0.05, 0) is 104 Å². The van der Waals surface area contributed by atoms with Crippen LogP contribution in [0.4, 0.5) is 0 Å². The van der Waals surface area contributed by atoms with Crippen LogP contribution in [-0.2, 0) is 0 Å². The molecule has 0 heterocycles. The average molecular weight is 401 g/mol. The highest BCUT2D eigenvalue weighted by molar-refractivity contribution is 5.25. The molecule has 0 aromatic rings. The van der Waals surface area contributed by atoms with Crippen molar-refractivity contribution in [1.29, 1.82) is 0 Å². The fourth-order valence-electron chi connectivity index (χ4n) is 8.68. The number of rotatable bonds is 5. The molecule has 4 aliphatic rings. The molecule has 0 aliphatic heterocycles. The van der Waals surface area contributed by atoms with Gasteiger partial charge in [0, 0.05) is 0 Å². The van der Waals surface area contributed by atoms with E-state index in [2.05, 4.69) is 47.6 Å². The summed E-state index contributed by atoms with van der Waals surface area (Å²) in [6.07, 6.45) is 15.7. The van der Waals surface area contributed by atoms with Gasteiger partial charge in [0.2, 0.25) is 0 Å². The lowest BCUT2D eigenvalue weighted by atomic mass is 9.47. The highest BCUT2D eigenvalue weighted by atomic mass is 16.3. The Bertz CT molecular complexity index is 620. The second-order valence-electron chi connectivity index (χ2n) is 12.7. The quantitative estimate of drug-likeness (QED) is 0.470. The maximum absolute atomic E-state index is 10.2. The van der Waals surface area contributed by atoms with E-state index in [-0.39, 0.29) is 6.10 Å². The molecule has 3 fully saturated rings. The monoisotopic (exact) mass is 400 g/mol. The number of aliphatic hydroxyl groups excluding tert-OH is 1. The second-order valence-corrected chi connectivity index (χ2v) is 12.7. The lowest BCUT2D eigenvalue weighted by molar-refractivity contribution is -0.0574. The fraction of sp³-hybridized carbons (Fsp3) is 0.929. The molecule has 0 radical (unpaired) electrons. The van der Waals surface area contributed by atoms with Crippen LogP contribution in [0.2, 0.25) is 0 Å². The predicted octanol–water partition coefficient (Wildman–Crippen LogP) is 7.63. The summed E-state index contributed by atoms with van der Waals surface area (Å²) in [5.74, 6) is 6.24. The summed E-state index contributed by atoms with van der Waals surface area (Å²) < 4.78 is 0. The van der Waals surface area contributed by atoms with Gasteiger partial charge in [0.1, 0.15) is 0 Å². The molecule has 1 heteroatoms. The third-order valence-corrected chi connectivity index (χ3v) is 11.1. The van der Waals surface area contributed by atoms with E-state index in [0.29, 0.717) is 10.8 Å². The molecular formula is C28H48O. The normalized spacial score (nSPS) is 46.5. The summed E-state index contributed by atoms with van der Waals surface area (Å²) in [5, 5.41) is 10.2. The van der Waals surface area contributed by atoms with Crippen molar-refractivity contribution >= 4 is 0 Å². The molecule has 0 spiro atoms. The SMILES string of the molecule is CC(C)[C@@H](C)CC[C@@H](C)[C@H]1CC[C@H]2C3CC=C4C[C@@H](O)CC[C@]4(C)[C@H]3CC[C@]12C. The molecule has 4 aliphatic carbocycles. The molecule has 4 rings (SSSR count). The molecule has 1 N–H and O–H groups in total. The number of hydrogen-bond donors (Lipinski definition) is 1. The lowest BCUT2D eigenvalue weighted by Crippen LogP contribution is -2.50. The summed E-state index contributed by atoms with van der Waals surface area (Å²) in [7, 11) is 0. The first kappa shape index (κ1) is 21.9. The van der Waals surface area contributed by atoms with Crippen molar-refractivity contribution in [3.63, 3.8) is 0 Å². The summed E-state index contributed by atoms with van der Waals surface area (Å²) in [6.45, 7) is 15.1. The van der Waals surface area contributed by atoms with Crippen LogP contribution in [0.25, 0.3) is 0 Å². The van der Waals surface area contributed by atoms with E-state index < -0.39 is 0 Å². The van der Waals surface area contributed by atoms with Crippen LogP contribution in [0.3, 0.4) is 0 Å². The highest BCUT2D eigenvalue weighted by Crippen LogP contribution is 2.67. The summed E-state index contributed by atoms with van der Waals surface area (Å²) in [6, 6.07) is 0. The minimum atomic E-state index is -0.0790. The molecule has 0 amide bonds. The third kappa shape index (κ3) is 3.66. The van der Waals surface area contributed by atoms with Crippen molar-refractivity contribution in [3.05, 3.63) is 11.6 Å². The smallest absolute Gasteiger partial charge is 0.0577 e. The Balaban J connectivity index is 1.49. The van der Waals surface area contributed by atoms with Crippen LogP contribution in [-0.4, -0.2) is 11.2 Å². The Morgan fingerprint density at radius 1 is 0.966 bits per heavy atom. The van der Waals surface area contributed by atoms with E-state index >= 15 is 0 Å². The van der Waals surface area contributed by atoms with Gasteiger partial charge in [-0.3, -0.25) is 0 Å². The number of hydrogen-bond acceptors (Lipinski definition) is 1. The fourth-order valence-corrected chi connectivity index (χ4v) is 8.68. The van der Waals surface area contributed by atoms with Crippen LogP contribution in [0.1, 0.15) is 106 Å². The zero-order valence-electron chi connectivity index (χ0n) is 20.2. The molecule has 29 heavy (non-hydrogen) atoms. The summed E-state index contributed by atoms with van der Waals surface area (Å²) in [4.78, 5) is 0. The minimum Gasteiger partial charge on any atom is -0.393 e. The van der Waals surface area contributed by atoms with E-state index in [0.717, 1.165) is 54.3 Å². The van der Waals surface area contributed by atoms with Gasteiger partial charge in [0.15, 0.2) is 0 Å². The number of aliphatic hydroxyl groups is 1. The molecule has 1 unspecified atom stereocenters. The van der Waals surface area contributed by atoms with E-state index in [1.165, 1.54) is 51.4 Å². The van der Waals surface area contributed by atoms with E-state index in [1.807, 2.05) is 0 Å². The Kier molecular flexibility index (Phi) is 6.04. The first-order valence-corrected chi connectivity index (χ1v) is 13.0. The Hall–Kier alpha value is -0.300. The second kappa shape index (κ2) is 7.99. The molecule has 0 aromatic carbocycles. The summed E-state index contributed by atoms with van der Waals surface area (Å²) >= 11 is 0. The van der Waals surface area contributed by atoms with Gasteiger partial charge in [-0.2, -0.15) is 0 Å². The number of fused-ring (bicyclic) bond motifs is 5. The molecule has 3 saturated carbocycles. The molecule has 0 saturated heterocycles. The Morgan fingerprint density at radius 3 is 2.45 bits per heavy atom. The first-order chi connectivity index (χ1) is 13.7.